The highest BCUT2D eigenvalue weighted by Crippen LogP contribution is 2.26. The summed E-state index contributed by atoms with van der Waals surface area (Å²) in [7, 11) is 0. The Bertz CT molecular complexity index is 1240. The Morgan fingerprint density at radius 3 is 2.44 bits per heavy atom. The molecule has 1 fully saturated rings. The second-order valence-corrected chi connectivity index (χ2v) is 9.86. The molecule has 180 valence electrons. The molecular weight excluding hydrogens is 437 g/mol. The van der Waals surface area contributed by atoms with Crippen molar-refractivity contribution in [1.82, 2.24) is 24.4 Å². The predicted octanol–water partition coefficient (Wildman–Crippen LogP) is 2.93. The Morgan fingerprint density at radius 1 is 1.18 bits per heavy atom. The fourth-order valence-electron chi connectivity index (χ4n) is 4.40. The smallest absolute Gasteiger partial charge is 0.274 e. The first-order chi connectivity index (χ1) is 15.9. The summed E-state index contributed by atoms with van der Waals surface area (Å²) in [5, 5.41) is 14.7. The van der Waals surface area contributed by atoms with Gasteiger partial charge >= 0.3 is 0 Å². The van der Waals surface area contributed by atoms with Crippen molar-refractivity contribution in [3.8, 4) is 11.3 Å². The molecule has 4 rings (SSSR count). The van der Waals surface area contributed by atoms with Crippen LogP contribution in [-0.2, 0) is 11.2 Å². The maximum absolute atomic E-state index is 13.5. The van der Waals surface area contributed by atoms with E-state index in [-0.39, 0.29) is 23.3 Å². The summed E-state index contributed by atoms with van der Waals surface area (Å²) in [4.78, 5) is 33.9. The molecule has 1 aliphatic rings. The Kier molecular flexibility index (Phi) is 5.93. The van der Waals surface area contributed by atoms with Gasteiger partial charge in [0.15, 0.2) is 5.65 Å². The molecule has 2 amide bonds. The third-order valence-corrected chi connectivity index (χ3v) is 6.20. The van der Waals surface area contributed by atoms with Crippen molar-refractivity contribution in [3.05, 3.63) is 53.6 Å². The molecule has 1 N–H and O–H groups in total. The highest BCUT2D eigenvalue weighted by Gasteiger charge is 2.42. The third-order valence-electron chi connectivity index (χ3n) is 6.20. The van der Waals surface area contributed by atoms with E-state index in [1.165, 1.54) is 26.0 Å². The molecule has 1 aliphatic heterocycles. The largest absolute Gasteiger partial charge is 0.381 e. The average Bonchev–Trinajstić information content (AvgIpc) is 3.21. The number of nitrogens with zero attached hydrogens (tertiary/aromatic N) is 5. The van der Waals surface area contributed by atoms with Gasteiger partial charge in [-0.3, -0.25) is 9.59 Å². The molecule has 3 aromatic rings. The zero-order valence-corrected chi connectivity index (χ0v) is 20.2. The van der Waals surface area contributed by atoms with Gasteiger partial charge in [-0.25, -0.2) is 13.9 Å². The molecule has 2 aromatic heterocycles. The molecule has 9 heteroatoms. The van der Waals surface area contributed by atoms with E-state index in [1.807, 2.05) is 26.8 Å². The molecule has 0 unspecified atom stereocenters. The van der Waals surface area contributed by atoms with Crippen LogP contribution in [0.2, 0.25) is 0 Å². The van der Waals surface area contributed by atoms with Gasteiger partial charge in [0, 0.05) is 25.2 Å². The molecule has 34 heavy (non-hydrogen) atoms. The van der Waals surface area contributed by atoms with Crippen molar-refractivity contribution in [1.29, 1.82) is 0 Å². The summed E-state index contributed by atoms with van der Waals surface area (Å²) in [6.07, 6.45) is 2.31. The highest BCUT2D eigenvalue weighted by atomic mass is 19.1. The molecule has 0 atom stereocenters. The summed E-state index contributed by atoms with van der Waals surface area (Å²) in [5.41, 5.74) is 1.13. The maximum Gasteiger partial charge on any atom is 0.274 e. The van der Waals surface area contributed by atoms with E-state index < -0.39 is 11.1 Å². The molecule has 1 saturated heterocycles. The molecule has 0 saturated carbocycles. The summed E-state index contributed by atoms with van der Waals surface area (Å²) in [5.74, 6) is -0.912. The number of carbonyl (C=O) groups is 2. The number of halogens is 1. The molecule has 0 aliphatic carbocycles. The number of hydrogen-bond acceptors (Lipinski definition) is 5. The van der Waals surface area contributed by atoms with Gasteiger partial charge in [-0.1, -0.05) is 6.92 Å². The second-order valence-electron chi connectivity index (χ2n) is 9.86. The maximum atomic E-state index is 13.5. The van der Waals surface area contributed by atoms with E-state index in [2.05, 4.69) is 10.1 Å². The minimum Gasteiger partial charge on any atom is -0.381 e. The molecule has 0 spiro atoms. The van der Waals surface area contributed by atoms with Crippen molar-refractivity contribution in [3.63, 3.8) is 0 Å². The van der Waals surface area contributed by atoms with Gasteiger partial charge in [-0.15, -0.1) is 0 Å². The molecule has 0 radical (unpaired) electrons. The number of imidazole rings is 1. The van der Waals surface area contributed by atoms with Crippen LogP contribution in [0.15, 0.2) is 36.5 Å². The van der Waals surface area contributed by atoms with E-state index >= 15 is 0 Å². The lowest BCUT2D eigenvalue weighted by Crippen LogP contribution is -2.64. The topological polar surface area (TPSA) is 91.0 Å². The van der Waals surface area contributed by atoms with Gasteiger partial charge in [-0.2, -0.15) is 5.10 Å². The number of benzene rings is 1. The third kappa shape index (κ3) is 4.40. The van der Waals surface area contributed by atoms with Crippen LogP contribution in [0.5, 0.6) is 0 Å². The SMILES string of the molecule is CCc1cc(-c2ccc(F)cc2)nn2cc(C(=O)N3CCN(C(=O)C(C)(C)O)CC3(C)C)nc12. The molecule has 8 nitrogen and oxygen atoms in total. The molecule has 1 aromatic carbocycles. The summed E-state index contributed by atoms with van der Waals surface area (Å²) >= 11 is 0. The van der Waals surface area contributed by atoms with E-state index in [0.717, 1.165) is 11.1 Å². The van der Waals surface area contributed by atoms with Crippen LogP contribution < -0.4 is 0 Å². The first-order valence-corrected chi connectivity index (χ1v) is 11.4. The fraction of sp³-hybridized carbons (Fsp3) is 0.440. The van der Waals surface area contributed by atoms with Crippen LogP contribution in [0, 0.1) is 5.82 Å². The summed E-state index contributed by atoms with van der Waals surface area (Å²) in [6, 6.07) is 8.03. The van der Waals surface area contributed by atoms with E-state index in [4.69, 9.17) is 0 Å². The van der Waals surface area contributed by atoms with Crippen LogP contribution in [-0.4, -0.2) is 72.1 Å². The number of rotatable bonds is 4. The number of aliphatic hydroxyl groups is 1. The van der Waals surface area contributed by atoms with Gasteiger partial charge in [0.25, 0.3) is 11.8 Å². The van der Waals surface area contributed by atoms with Crippen LogP contribution in [0.3, 0.4) is 0 Å². The Labute approximate surface area is 198 Å². The molecule has 3 heterocycles. The fourth-order valence-corrected chi connectivity index (χ4v) is 4.40. The highest BCUT2D eigenvalue weighted by molar-refractivity contribution is 5.94. The Balaban J connectivity index is 1.64. The van der Waals surface area contributed by atoms with E-state index in [0.29, 0.717) is 37.4 Å². The zero-order valence-electron chi connectivity index (χ0n) is 20.2. The minimum absolute atomic E-state index is 0.240. The van der Waals surface area contributed by atoms with Crippen LogP contribution in [0.25, 0.3) is 16.9 Å². The van der Waals surface area contributed by atoms with Crippen molar-refractivity contribution in [2.24, 2.45) is 0 Å². The number of aromatic nitrogens is 3. The van der Waals surface area contributed by atoms with Crippen molar-refractivity contribution >= 4 is 17.5 Å². The second kappa shape index (κ2) is 8.47. The van der Waals surface area contributed by atoms with Gasteiger partial charge < -0.3 is 14.9 Å². The van der Waals surface area contributed by atoms with E-state index in [9.17, 15) is 19.1 Å². The first kappa shape index (κ1) is 23.8. The number of piperazine rings is 1. The standard InChI is InChI=1S/C25H30FN5O3/c1-6-16-13-19(17-7-9-18(26)10-8-17)28-31-14-20(27-21(16)31)22(32)30-12-11-29(15-24(30,2)3)23(33)25(4,5)34/h7-10,13-14,34H,6,11-12,15H2,1-5H3. The Hall–Kier alpha value is -3.33. The quantitative estimate of drug-likeness (QED) is 0.637. The van der Waals surface area contributed by atoms with Crippen LogP contribution in [0.1, 0.15) is 50.7 Å². The van der Waals surface area contributed by atoms with Gasteiger partial charge in [-0.05, 0) is 70.0 Å². The number of carbonyl (C=O) groups excluding carboxylic acids is 2. The van der Waals surface area contributed by atoms with E-state index in [1.54, 1.807) is 32.6 Å². The number of hydrogen-bond donors (Lipinski definition) is 1. The van der Waals surface area contributed by atoms with Gasteiger partial charge in [0.2, 0.25) is 0 Å². The lowest BCUT2D eigenvalue weighted by molar-refractivity contribution is -0.152. The lowest BCUT2D eigenvalue weighted by Gasteiger charge is -2.47. The monoisotopic (exact) mass is 467 g/mol. The van der Waals surface area contributed by atoms with Crippen LogP contribution >= 0.6 is 0 Å². The minimum atomic E-state index is -1.46. The summed E-state index contributed by atoms with van der Waals surface area (Å²) < 4.78 is 15.0. The van der Waals surface area contributed by atoms with Gasteiger partial charge in [0.05, 0.1) is 17.4 Å². The Morgan fingerprint density at radius 2 is 1.85 bits per heavy atom. The average molecular weight is 468 g/mol. The normalized spacial score (nSPS) is 16.2. The molecular formula is C25H30FN5O3. The lowest BCUT2D eigenvalue weighted by atomic mass is 9.96. The van der Waals surface area contributed by atoms with Gasteiger partial charge in [0.1, 0.15) is 17.1 Å². The number of aryl methyl sites for hydroxylation is 1. The van der Waals surface area contributed by atoms with Crippen LogP contribution in [0.4, 0.5) is 4.39 Å². The van der Waals surface area contributed by atoms with Crippen molar-refractivity contribution < 1.29 is 19.1 Å². The number of amides is 2. The number of fused-ring (bicyclic) bond motifs is 1. The predicted molar refractivity (Wildman–Crippen MR) is 126 cm³/mol. The van der Waals surface area contributed by atoms with Crippen molar-refractivity contribution in [2.75, 3.05) is 19.6 Å². The zero-order chi connectivity index (χ0) is 24.8. The van der Waals surface area contributed by atoms with Crippen molar-refractivity contribution in [2.45, 2.75) is 52.2 Å². The summed E-state index contributed by atoms with van der Waals surface area (Å²) in [6.45, 7) is 9.70. The first-order valence-electron chi connectivity index (χ1n) is 11.4. The molecule has 0 bridgehead atoms.